The molecule has 0 radical (unpaired) electrons. The number of rotatable bonds is 6. The van der Waals surface area contributed by atoms with Gasteiger partial charge in [0.05, 0.1) is 5.25 Å². The SMILES string of the molecule is CCNC(Cc1ncnn1C)C(C)S(C)(=O)=O. The predicted molar refractivity (Wildman–Crippen MR) is 66.5 cm³/mol. The normalized spacial score (nSPS) is 15.8. The summed E-state index contributed by atoms with van der Waals surface area (Å²) in [5, 5.41) is 6.73. The Balaban J connectivity index is 2.84. The highest BCUT2D eigenvalue weighted by Crippen LogP contribution is 2.09. The van der Waals surface area contributed by atoms with E-state index in [4.69, 9.17) is 0 Å². The van der Waals surface area contributed by atoms with Crippen LogP contribution in [0.2, 0.25) is 0 Å². The molecule has 7 heteroatoms. The summed E-state index contributed by atoms with van der Waals surface area (Å²) >= 11 is 0. The number of aromatic nitrogens is 3. The molecule has 6 nitrogen and oxygen atoms in total. The van der Waals surface area contributed by atoms with Crippen molar-refractivity contribution in [2.24, 2.45) is 7.05 Å². The van der Waals surface area contributed by atoms with Crippen LogP contribution in [0.4, 0.5) is 0 Å². The number of aryl methyl sites for hydroxylation is 1. The molecule has 0 amide bonds. The number of hydrogen-bond acceptors (Lipinski definition) is 5. The van der Waals surface area contributed by atoms with E-state index in [0.717, 1.165) is 12.4 Å². The van der Waals surface area contributed by atoms with Gasteiger partial charge in [0, 0.05) is 25.8 Å². The quantitative estimate of drug-likeness (QED) is 0.764. The Labute approximate surface area is 102 Å². The maximum atomic E-state index is 11.6. The Morgan fingerprint density at radius 1 is 1.53 bits per heavy atom. The highest BCUT2D eigenvalue weighted by molar-refractivity contribution is 7.91. The zero-order valence-electron chi connectivity index (χ0n) is 10.7. The molecule has 0 saturated carbocycles. The van der Waals surface area contributed by atoms with E-state index in [-0.39, 0.29) is 6.04 Å². The smallest absolute Gasteiger partial charge is 0.151 e. The summed E-state index contributed by atoms with van der Waals surface area (Å²) in [5.74, 6) is 0.784. The van der Waals surface area contributed by atoms with Gasteiger partial charge in [-0.05, 0) is 13.5 Å². The molecular formula is C10H20N4O2S. The first-order chi connectivity index (χ1) is 7.86. The van der Waals surface area contributed by atoms with Gasteiger partial charge in [-0.15, -0.1) is 0 Å². The second-order valence-electron chi connectivity index (χ2n) is 4.20. The molecular weight excluding hydrogens is 240 g/mol. The van der Waals surface area contributed by atoms with Gasteiger partial charge < -0.3 is 5.32 Å². The minimum atomic E-state index is -3.06. The summed E-state index contributed by atoms with van der Waals surface area (Å²) in [6.07, 6.45) is 3.29. The van der Waals surface area contributed by atoms with Crippen LogP contribution in [0.1, 0.15) is 19.7 Å². The first kappa shape index (κ1) is 14.1. The average molecular weight is 260 g/mol. The van der Waals surface area contributed by atoms with E-state index in [0.29, 0.717) is 6.42 Å². The fourth-order valence-electron chi connectivity index (χ4n) is 1.67. The summed E-state index contributed by atoms with van der Waals surface area (Å²) in [7, 11) is -1.26. The molecule has 2 unspecified atom stereocenters. The number of nitrogens with zero attached hydrogens (tertiary/aromatic N) is 3. The van der Waals surface area contributed by atoms with Gasteiger partial charge in [0.15, 0.2) is 9.84 Å². The molecule has 0 bridgehead atoms. The van der Waals surface area contributed by atoms with Crippen LogP contribution >= 0.6 is 0 Å². The zero-order valence-corrected chi connectivity index (χ0v) is 11.5. The van der Waals surface area contributed by atoms with Crippen molar-refractivity contribution in [3.8, 4) is 0 Å². The molecule has 1 heterocycles. The molecule has 1 N–H and O–H groups in total. The van der Waals surface area contributed by atoms with Gasteiger partial charge in [-0.3, -0.25) is 4.68 Å². The molecule has 0 aliphatic rings. The minimum Gasteiger partial charge on any atom is -0.313 e. The highest BCUT2D eigenvalue weighted by atomic mass is 32.2. The number of hydrogen-bond donors (Lipinski definition) is 1. The lowest BCUT2D eigenvalue weighted by atomic mass is 10.1. The third kappa shape index (κ3) is 3.78. The first-order valence-electron chi connectivity index (χ1n) is 5.61. The van der Waals surface area contributed by atoms with Gasteiger partial charge in [0.2, 0.25) is 0 Å². The Bertz CT molecular complexity index is 455. The van der Waals surface area contributed by atoms with Crippen LogP contribution in [-0.2, 0) is 23.3 Å². The molecule has 17 heavy (non-hydrogen) atoms. The third-order valence-electron chi connectivity index (χ3n) is 2.92. The maximum Gasteiger partial charge on any atom is 0.151 e. The van der Waals surface area contributed by atoms with E-state index in [1.54, 1.807) is 18.7 Å². The lowest BCUT2D eigenvalue weighted by molar-refractivity contribution is 0.478. The summed E-state index contributed by atoms with van der Waals surface area (Å²) in [5.41, 5.74) is 0. The van der Waals surface area contributed by atoms with Gasteiger partial charge in [-0.1, -0.05) is 6.92 Å². The molecule has 0 fully saturated rings. The van der Waals surface area contributed by atoms with Crippen molar-refractivity contribution in [2.75, 3.05) is 12.8 Å². The predicted octanol–water partition coefficient (Wildman–Crippen LogP) is -0.231. The van der Waals surface area contributed by atoms with Crippen LogP contribution in [0.25, 0.3) is 0 Å². The maximum absolute atomic E-state index is 11.6. The average Bonchev–Trinajstić information content (AvgIpc) is 2.61. The van der Waals surface area contributed by atoms with Gasteiger partial charge in [-0.25, -0.2) is 13.4 Å². The standard InChI is InChI=1S/C10H20N4O2S/c1-5-11-9(8(2)17(4,15)16)6-10-12-7-13-14(10)3/h7-9,11H,5-6H2,1-4H3. The largest absolute Gasteiger partial charge is 0.313 e. The Kier molecular flexibility index (Phi) is 4.64. The van der Waals surface area contributed by atoms with Crippen molar-refractivity contribution in [1.82, 2.24) is 20.1 Å². The van der Waals surface area contributed by atoms with Crippen molar-refractivity contribution < 1.29 is 8.42 Å². The molecule has 0 spiro atoms. The fourth-order valence-corrected chi connectivity index (χ4v) is 2.46. The highest BCUT2D eigenvalue weighted by Gasteiger charge is 2.26. The number of sulfone groups is 1. The van der Waals surface area contributed by atoms with Gasteiger partial charge in [-0.2, -0.15) is 5.10 Å². The van der Waals surface area contributed by atoms with Gasteiger partial charge in [0.1, 0.15) is 12.2 Å². The minimum absolute atomic E-state index is 0.141. The van der Waals surface area contributed by atoms with Crippen LogP contribution in [0.3, 0.4) is 0 Å². The second-order valence-corrected chi connectivity index (χ2v) is 6.61. The van der Waals surface area contributed by atoms with Crippen molar-refractivity contribution in [1.29, 1.82) is 0 Å². The summed E-state index contributed by atoms with van der Waals surface area (Å²) in [4.78, 5) is 4.12. The van der Waals surface area contributed by atoms with Crippen molar-refractivity contribution >= 4 is 9.84 Å². The van der Waals surface area contributed by atoms with E-state index in [2.05, 4.69) is 15.4 Å². The van der Waals surface area contributed by atoms with Crippen molar-refractivity contribution in [3.05, 3.63) is 12.2 Å². The van der Waals surface area contributed by atoms with Gasteiger partial charge >= 0.3 is 0 Å². The van der Waals surface area contributed by atoms with E-state index in [9.17, 15) is 8.42 Å². The molecule has 0 aliphatic carbocycles. The molecule has 1 aromatic rings. The molecule has 0 aromatic carbocycles. The molecule has 2 atom stereocenters. The zero-order chi connectivity index (χ0) is 13.1. The number of nitrogens with one attached hydrogen (secondary N) is 1. The van der Waals surface area contributed by atoms with Crippen LogP contribution in [0.15, 0.2) is 6.33 Å². The van der Waals surface area contributed by atoms with Crippen LogP contribution < -0.4 is 5.32 Å². The summed E-state index contributed by atoms with van der Waals surface area (Å²) < 4.78 is 24.8. The van der Waals surface area contributed by atoms with E-state index in [1.165, 1.54) is 12.6 Å². The van der Waals surface area contributed by atoms with Crippen LogP contribution in [-0.4, -0.2) is 47.3 Å². The third-order valence-corrected chi connectivity index (χ3v) is 4.60. The summed E-state index contributed by atoms with van der Waals surface area (Å²) in [6.45, 7) is 4.40. The van der Waals surface area contributed by atoms with E-state index in [1.807, 2.05) is 6.92 Å². The lowest BCUT2D eigenvalue weighted by Crippen LogP contribution is -2.44. The number of likely N-dealkylation sites (N-methyl/N-ethyl adjacent to an activating group) is 1. The van der Waals surface area contributed by atoms with Crippen molar-refractivity contribution in [3.63, 3.8) is 0 Å². The Morgan fingerprint density at radius 3 is 2.59 bits per heavy atom. The summed E-state index contributed by atoms with van der Waals surface area (Å²) in [6, 6.07) is -0.141. The lowest BCUT2D eigenvalue weighted by Gasteiger charge is -2.22. The molecule has 0 saturated heterocycles. The van der Waals surface area contributed by atoms with E-state index >= 15 is 0 Å². The Hall–Kier alpha value is -0.950. The molecule has 98 valence electrons. The first-order valence-corrected chi connectivity index (χ1v) is 7.56. The molecule has 1 rings (SSSR count). The second kappa shape index (κ2) is 5.59. The molecule has 0 aliphatic heterocycles. The van der Waals surface area contributed by atoms with Crippen LogP contribution in [0, 0.1) is 0 Å². The topological polar surface area (TPSA) is 76.9 Å². The molecule has 1 aromatic heterocycles. The fraction of sp³-hybridized carbons (Fsp3) is 0.800. The van der Waals surface area contributed by atoms with Gasteiger partial charge in [0.25, 0.3) is 0 Å². The Morgan fingerprint density at radius 2 is 2.18 bits per heavy atom. The van der Waals surface area contributed by atoms with E-state index < -0.39 is 15.1 Å². The monoisotopic (exact) mass is 260 g/mol. The van der Waals surface area contributed by atoms with Crippen LogP contribution in [0.5, 0.6) is 0 Å². The van der Waals surface area contributed by atoms with Crippen molar-refractivity contribution in [2.45, 2.75) is 31.6 Å².